The average Bonchev–Trinajstić information content (AvgIpc) is 2.24. The second-order valence-corrected chi connectivity index (χ2v) is 4.74. The van der Waals surface area contributed by atoms with Crippen molar-refractivity contribution in [3.8, 4) is 0 Å². The van der Waals surface area contributed by atoms with E-state index in [-0.39, 0.29) is 11.5 Å². The molecule has 0 aromatic heterocycles. The molecule has 3 N–H and O–H groups in total. The molecule has 0 radical (unpaired) electrons. The van der Waals surface area contributed by atoms with E-state index in [9.17, 15) is 4.39 Å². The van der Waals surface area contributed by atoms with E-state index < -0.39 is 0 Å². The van der Waals surface area contributed by atoms with E-state index in [4.69, 9.17) is 5.73 Å². The third kappa shape index (κ3) is 3.63. The number of anilines is 2. The van der Waals surface area contributed by atoms with Gasteiger partial charge in [-0.2, -0.15) is 11.8 Å². The lowest BCUT2D eigenvalue weighted by atomic mass is 10.2. The van der Waals surface area contributed by atoms with Crippen LogP contribution in [0.3, 0.4) is 0 Å². The van der Waals surface area contributed by atoms with Crippen molar-refractivity contribution < 1.29 is 4.39 Å². The Morgan fingerprint density at radius 1 is 1.53 bits per heavy atom. The lowest BCUT2D eigenvalue weighted by molar-refractivity contribution is 0.633. The van der Waals surface area contributed by atoms with Crippen LogP contribution in [0, 0.1) is 5.82 Å². The topological polar surface area (TPSA) is 38.0 Å². The van der Waals surface area contributed by atoms with Crippen LogP contribution in [0.5, 0.6) is 0 Å². The van der Waals surface area contributed by atoms with Gasteiger partial charge in [-0.15, -0.1) is 0 Å². The second kappa shape index (κ2) is 5.85. The molecule has 0 aliphatic carbocycles. The van der Waals surface area contributed by atoms with Crippen molar-refractivity contribution in [1.82, 2.24) is 0 Å². The van der Waals surface area contributed by atoms with E-state index in [0.717, 1.165) is 13.0 Å². The molecule has 1 aromatic rings. The van der Waals surface area contributed by atoms with Gasteiger partial charge in [0.05, 0.1) is 11.4 Å². The molecule has 1 unspecified atom stereocenters. The summed E-state index contributed by atoms with van der Waals surface area (Å²) in [5.74, 6) is -0.363. The number of hydrogen-bond donors (Lipinski definition) is 2. The number of hydrogen-bond acceptors (Lipinski definition) is 3. The number of para-hydroxylation sites is 1. The van der Waals surface area contributed by atoms with Gasteiger partial charge in [0.1, 0.15) is 5.82 Å². The fourth-order valence-corrected chi connectivity index (χ4v) is 1.57. The molecule has 15 heavy (non-hydrogen) atoms. The fourth-order valence-electron chi connectivity index (χ4n) is 1.22. The first-order valence-corrected chi connectivity index (χ1v) is 6.24. The van der Waals surface area contributed by atoms with Gasteiger partial charge in [-0.25, -0.2) is 4.39 Å². The fraction of sp³-hybridized carbons (Fsp3) is 0.455. The van der Waals surface area contributed by atoms with E-state index in [0.29, 0.717) is 10.9 Å². The summed E-state index contributed by atoms with van der Waals surface area (Å²) in [5, 5.41) is 3.74. The van der Waals surface area contributed by atoms with Gasteiger partial charge in [-0.05, 0) is 24.8 Å². The van der Waals surface area contributed by atoms with Gasteiger partial charge in [0.2, 0.25) is 0 Å². The van der Waals surface area contributed by atoms with Crippen molar-refractivity contribution in [2.24, 2.45) is 0 Å². The summed E-state index contributed by atoms with van der Waals surface area (Å²) in [4.78, 5) is 0. The molecule has 4 heteroatoms. The Labute approximate surface area is 94.4 Å². The summed E-state index contributed by atoms with van der Waals surface area (Å²) in [6.45, 7) is 2.98. The minimum Gasteiger partial charge on any atom is -0.395 e. The van der Waals surface area contributed by atoms with Crippen LogP contribution in [0.1, 0.15) is 13.3 Å². The number of rotatable bonds is 5. The summed E-state index contributed by atoms with van der Waals surface area (Å²) < 4.78 is 13.1. The lowest BCUT2D eigenvalue weighted by Gasteiger charge is -2.12. The molecule has 0 aliphatic rings. The van der Waals surface area contributed by atoms with Crippen molar-refractivity contribution >= 4 is 23.1 Å². The molecule has 0 heterocycles. The van der Waals surface area contributed by atoms with Crippen LogP contribution in [0.4, 0.5) is 15.8 Å². The monoisotopic (exact) mass is 228 g/mol. The molecule has 0 aliphatic heterocycles. The van der Waals surface area contributed by atoms with Crippen molar-refractivity contribution in [3.05, 3.63) is 24.0 Å². The quantitative estimate of drug-likeness (QED) is 0.761. The first-order valence-electron chi connectivity index (χ1n) is 4.95. The van der Waals surface area contributed by atoms with Gasteiger partial charge in [0.25, 0.3) is 0 Å². The van der Waals surface area contributed by atoms with Crippen LogP contribution >= 0.6 is 11.8 Å². The summed E-state index contributed by atoms with van der Waals surface area (Å²) in [6.07, 6.45) is 3.12. The lowest BCUT2D eigenvalue weighted by Crippen LogP contribution is -2.09. The molecule has 0 spiro atoms. The highest BCUT2D eigenvalue weighted by Gasteiger charge is 2.04. The number of nitrogens with two attached hydrogens (primary N) is 1. The molecule has 0 fully saturated rings. The minimum atomic E-state index is -0.363. The zero-order valence-corrected chi connectivity index (χ0v) is 9.90. The smallest absolute Gasteiger partial charge is 0.148 e. The highest BCUT2D eigenvalue weighted by Crippen LogP contribution is 2.21. The molecular weight excluding hydrogens is 211 g/mol. The predicted molar refractivity (Wildman–Crippen MR) is 66.9 cm³/mol. The predicted octanol–water partition coefficient (Wildman–Crippen LogP) is 2.96. The number of halogens is 1. The number of benzene rings is 1. The Bertz CT molecular complexity index is 317. The van der Waals surface area contributed by atoms with E-state index in [1.165, 1.54) is 6.07 Å². The number of nitrogen functional groups attached to an aromatic ring is 1. The molecule has 0 saturated carbocycles. The van der Waals surface area contributed by atoms with E-state index in [1.807, 2.05) is 11.8 Å². The van der Waals surface area contributed by atoms with E-state index in [2.05, 4.69) is 18.5 Å². The molecule has 1 rings (SSSR count). The SMILES string of the molecule is CSC(C)CCNc1cccc(F)c1N. The summed E-state index contributed by atoms with van der Waals surface area (Å²) in [7, 11) is 0. The third-order valence-electron chi connectivity index (χ3n) is 2.32. The number of thioether (sulfide) groups is 1. The maximum Gasteiger partial charge on any atom is 0.148 e. The first-order chi connectivity index (χ1) is 7.15. The molecule has 1 atom stereocenters. The van der Waals surface area contributed by atoms with Crippen LogP contribution in [0.15, 0.2) is 18.2 Å². The highest BCUT2D eigenvalue weighted by molar-refractivity contribution is 7.99. The van der Waals surface area contributed by atoms with Crippen LogP contribution in [-0.2, 0) is 0 Å². The highest BCUT2D eigenvalue weighted by atomic mass is 32.2. The third-order valence-corrected chi connectivity index (χ3v) is 3.36. The average molecular weight is 228 g/mol. The molecular formula is C11H17FN2S. The van der Waals surface area contributed by atoms with Crippen molar-refractivity contribution in [2.45, 2.75) is 18.6 Å². The van der Waals surface area contributed by atoms with E-state index >= 15 is 0 Å². The van der Waals surface area contributed by atoms with Crippen LogP contribution in [0.2, 0.25) is 0 Å². The van der Waals surface area contributed by atoms with Crippen molar-refractivity contribution in [3.63, 3.8) is 0 Å². The molecule has 2 nitrogen and oxygen atoms in total. The Kier molecular flexibility index (Phi) is 4.75. The maximum atomic E-state index is 13.1. The first kappa shape index (κ1) is 12.2. The van der Waals surface area contributed by atoms with Crippen LogP contribution < -0.4 is 11.1 Å². The van der Waals surface area contributed by atoms with Gasteiger partial charge in [0.15, 0.2) is 0 Å². The maximum absolute atomic E-state index is 13.1. The second-order valence-electron chi connectivity index (χ2n) is 3.46. The largest absolute Gasteiger partial charge is 0.395 e. The standard InChI is InChI=1S/C11H17FN2S/c1-8(15-2)6-7-14-10-5-3-4-9(12)11(10)13/h3-5,8,14H,6-7,13H2,1-2H3. The number of nitrogens with one attached hydrogen (secondary N) is 1. The van der Waals surface area contributed by atoms with Gasteiger partial charge < -0.3 is 11.1 Å². The zero-order valence-electron chi connectivity index (χ0n) is 9.09. The molecule has 1 aromatic carbocycles. The van der Waals surface area contributed by atoms with Crippen LogP contribution in [0.25, 0.3) is 0 Å². The van der Waals surface area contributed by atoms with Crippen LogP contribution in [-0.4, -0.2) is 18.1 Å². The van der Waals surface area contributed by atoms with E-state index in [1.54, 1.807) is 12.1 Å². The molecule has 0 amide bonds. The normalized spacial score (nSPS) is 12.5. The molecule has 0 saturated heterocycles. The van der Waals surface area contributed by atoms with Gasteiger partial charge in [0, 0.05) is 11.8 Å². The Morgan fingerprint density at radius 3 is 2.93 bits per heavy atom. The Morgan fingerprint density at radius 2 is 2.27 bits per heavy atom. The van der Waals surface area contributed by atoms with Gasteiger partial charge >= 0.3 is 0 Å². The summed E-state index contributed by atoms with van der Waals surface area (Å²) in [5.41, 5.74) is 6.48. The van der Waals surface area contributed by atoms with Gasteiger partial charge in [-0.3, -0.25) is 0 Å². The minimum absolute atomic E-state index is 0.203. The van der Waals surface area contributed by atoms with Crippen molar-refractivity contribution in [1.29, 1.82) is 0 Å². The summed E-state index contributed by atoms with van der Waals surface area (Å²) in [6, 6.07) is 4.82. The zero-order chi connectivity index (χ0) is 11.3. The van der Waals surface area contributed by atoms with Gasteiger partial charge in [-0.1, -0.05) is 13.0 Å². The van der Waals surface area contributed by atoms with Crippen molar-refractivity contribution in [2.75, 3.05) is 23.9 Å². The Hall–Kier alpha value is -0.900. The summed E-state index contributed by atoms with van der Waals surface area (Å²) >= 11 is 1.82. The molecule has 0 bridgehead atoms. The molecule has 84 valence electrons. The Balaban J connectivity index is 2.47.